The fourth-order valence-electron chi connectivity index (χ4n) is 2.26. The lowest BCUT2D eigenvalue weighted by molar-refractivity contribution is 0.174. The Morgan fingerprint density at radius 2 is 1.95 bits per heavy atom. The molecular weight excluding hydrogens is 309 g/mol. The van der Waals surface area contributed by atoms with Gasteiger partial charge < -0.3 is 10.4 Å². The minimum absolute atomic E-state index is 0.425. The normalized spacial score (nSPS) is 12.6. The van der Waals surface area contributed by atoms with Crippen molar-refractivity contribution in [2.24, 2.45) is 7.05 Å². The molecular formula is C15H19Cl2N3O. The number of nitrogens with zero attached hydrogens (tertiary/aromatic N) is 2. The van der Waals surface area contributed by atoms with Crippen molar-refractivity contribution in [2.45, 2.75) is 26.0 Å². The van der Waals surface area contributed by atoms with E-state index < -0.39 is 6.10 Å². The van der Waals surface area contributed by atoms with Crippen LogP contribution in [-0.4, -0.2) is 21.4 Å². The first-order valence-electron chi connectivity index (χ1n) is 6.85. The SMILES string of the molecule is CCc1nn(C)cc1CNCC(O)c1cc(Cl)cc(Cl)c1. The minimum Gasteiger partial charge on any atom is -0.387 e. The second-order valence-electron chi connectivity index (χ2n) is 4.98. The summed E-state index contributed by atoms with van der Waals surface area (Å²) in [5.74, 6) is 0. The van der Waals surface area contributed by atoms with Crippen LogP contribution in [0, 0.1) is 0 Å². The predicted octanol–water partition coefficient (Wildman–Crippen LogP) is 3.11. The predicted molar refractivity (Wildman–Crippen MR) is 85.7 cm³/mol. The maximum Gasteiger partial charge on any atom is 0.0915 e. The molecule has 2 aromatic rings. The smallest absolute Gasteiger partial charge is 0.0915 e. The first kappa shape index (κ1) is 16.3. The maximum atomic E-state index is 10.2. The molecule has 0 aliphatic heterocycles. The fourth-order valence-corrected chi connectivity index (χ4v) is 2.80. The van der Waals surface area contributed by atoms with Gasteiger partial charge in [0.05, 0.1) is 11.8 Å². The summed E-state index contributed by atoms with van der Waals surface area (Å²) < 4.78 is 1.81. The van der Waals surface area contributed by atoms with Crippen LogP contribution >= 0.6 is 23.2 Å². The van der Waals surface area contributed by atoms with Gasteiger partial charge in [0, 0.05) is 41.9 Å². The molecule has 0 aliphatic rings. The molecule has 1 heterocycles. The van der Waals surface area contributed by atoms with Gasteiger partial charge in [0.2, 0.25) is 0 Å². The fraction of sp³-hybridized carbons (Fsp3) is 0.400. The molecule has 0 aliphatic carbocycles. The number of rotatable bonds is 6. The minimum atomic E-state index is -0.650. The number of hydrogen-bond acceptors (Lipinski definition) is 3. The molecule has 6 heteroatoms. The van der Waals surface area contributed by atoms with Crippen molar-refractivity contribution in [3.8, 4) is 0 Å². The second kappa shape index (κ2) is 7.27. The Balaban J connectivity index is 1.93. The van der Waals surface area contributed by atoms with Crippen LogP contribution in [-0.2, 0) is 20.0 Å². The highest BCUT2D eigenvalue weighted by molar-refractivity contribution is 6.34. The number of benzene rings is 1. The van der Waals surface area contributed by atoms with Crippen LogP contribution in [0.15, 0.2) is 24.4 Å². The lowest BCUT2D eigenvalue weighted by Crippen LogP contribution is -2.21. The maximum absolute atomic E-state index is 10.2. The lowest BCUT2D eigenvalue weighted by Gasteiger charge is -2.13. The standard InChI is InChI=1S/C15H19Cl2N3O/c1-3-14-11(9-20(2)19-14)7-18-8-15(21)10-4-12(16)6-13(17)5-10/h4-6,9,15,18,21H,3,7-8H2,1-2H3. The van der Waals surface area contributed by atoms with Gasteiger partial charge in [-0.05, 0) is 30.2 Å². The summed E-state index contributed by atoms with van der Waals surface area (Å²) in [5, 5.41) is 18.9. The third-order valence-electron chi connectivity index (χ3n) is 3.25. The van der Waals surface area contributed by atoms with E-state index in [2.05, 4.69) is 17.3 Å². The molecule has 0 radical (unpaired) electrons. The number of aryl methyl sites for hydroxylation is 2. The van der Waals surface area contributed by atoms with Crippen LogP contribution < -0.4 is 5.32 Å². The molecule has 1 aromatic heterocycles. The number of hydrogen-bond donors (Lipinski definition) is 2. The number of halogens is 2. The summed E-state index contributed by atoms with van der Waals surface area (Å²) in [6, 6.07) is 5.10. The van der Waals surface area contributed by atoms with Crippen LogP contribution in [0.25, 0.3) is 0 Å². The monoisotopic (exact) mass is 327 g/mol. The van der Waals surface area contributed by atoms with E-state index in [0.717, 1.165) is 17.7 Å². The van der Waals surface area contributed by atoms with Crippen molar-refractivity contribution < 1.29 is 5.11 Å². The first-order chi connectivity index (χ1) is 9.99. The summed E-state index contributed by atoms with van der Waals surface area (Å²) in [6.07, 6.45) is 2.24. The van der Waals surface area contributed by atoms with Gasteiger partial charge in [-0.2, -0.15) is 5.10 Å². The van der Waals surface area contributed by atoms with E-state index in [4.69, 9.17) is 23.2 Å². The van der Waals surface area contributed by atoms with Gasteiger partial charge in [0.1, 0.15) is 0 Å². The molecule has 0 saturated carbocycles. The van der Waals surface area contributed by atoms with E-state index in [1.165, 1.54) is 0 Å². The highest BCUT2D eigenvalue weighted by Crippen LogP contribution is 2.23. The summed E-state index contributed by atoms with van der Waals surface area (Å²) in [7, 11) is 1.91. The number of aliphatic hydroxyl groups is 1. The Morgan fingerprint density at radius 1 is 1.29 bits per heavy atom. The zero-order valence-corrected chi connectivity index (χ0v) is 13.6. The average Bonchev–Trinajstić information content (AvgIpc) is 2.77. The highest BCUT2D eigenvalue weighted by atomic mass is 35.5. The van der Waals surface area contributed by atoms with Gasteiger partial charge in [-0.1, -0.05) is 30.1 Å². The molecule has 0 bridgehead atoms. The Morgan fingerprint density at radius 3 is 2.57 bits per heavy atom. The van der Waals surface area contributed by atoms with Crippen LogP contribution in [0.5, 0.6) is 0 Å². The topological polar surface area (TPSA) is 50.1 Å². The van der Waals surface area contributed by atoms with Gasteiger partial charge in [-0.25, -0.2) is 0 Å². The molecule has 1 unspecified atom stereocenters. The summed E-state index contributed by atoms with van der Waals surface area (Å²) in [4.78, 5) is 0. The quantitative estimate of drug-likeness (QED) is 0.857. The molecule has 1 atom stereocenters. The Bertz CT molecular complexity index is 593. The largest absolute Gasteiger partial charge is 0.387 e. The van der Waals surface area contributed by atoms with Gasteiger partial charge >= 0.3 is 0 Å². The van der Waals surface area contributed by atoms with Gasteiger partial charge in [-0.15, -0.1) is 0 Å². The highest BCUT2D eigenvalue weighted by Gasteiger charge is 2.10. The number of aliphatic hydroxyl groups excluding tert-OH is 1. The third kappa shape index (κ3) is 4.45. The molecule has 0 amide bonds. The summed E-state index contributed by atoms with van der Waals surface area (Å²) in [6.45, 7) is 3.17. The van der Waals surface area contributed by atoms with E-state index in [1.54, 1.807) is 18.2 Å². The van der Waals surface area contributed by atoms with E-state index in [9.17, 15) is 5.11 Å². The second-order valence-corrected chi connectivity index (χ2v) is 5.85. The number of aromatic nitrogens is 2. The molecule has 0 fully saturated rings. The molecule has 2 N–H and O–H groups in total. The Labute approximate surface area is 134 Å². The van der Waals surface area contributed by atoms with Crippen LogP contribution in [0.4, 0.5) is 0 Å². The molecule has 21 heavy (non-hydrogen) atoms. The molecule has 114 valence electrons. The molecule has 1 aromatic carbocycles. The van der Waals surface area contributed by atoms with Gasteiger partial charge in [-0.3, -0.25) is 4.68 Å². The molecule has 4 nitrogen and oxygen atoms in total. The molecule has 0 saturated heterocycles. The van der Waals surface area contributed by atoms with E-state index in [-0.39, 0.29) is 0 Å². The third-order valence-corrected chi connectivity index (χ3v) is 3.69. The Hall–Kier alpha value is -1.07. The van der Waals surface area contributed by atoms with E-state index >= 15 is 0 Å². The van der Waals surface area contributed by atoms with Gasteiger partial charge in [0.25, 0.3) is 0 Å². The van der Waals surface area contributed by atoms with Crippen LogP contribution in [0.1, 0.15) is 29.8 Å². The van der Waals surface area contributed by atoms with Crippen molar-refractivity contribution in [3.63, 3.8) is 0 Å². The molecule has 2 rings (SSSR count). The number of nitrogens with one attached hydrogen (secondary N) is 1. The van der Waals surface area contributed by atoms with Gasteiger partial charge in [0.15, 0.2) is 0 Å². The van der Waals surface area contributed by atoms with E-state index in [0.29, 0.717) is 28.7 Å². The van der Waals surface area contributed by atoms with Crippen molar-refractivity contribution in [1.82, 2.24) is 15.1 Å². The summed E-state index contributed by atoms with van der Waals surface area (Å²) >= 11 is 11.9. The van der Waals surface area contributed by atoms with Crippen LogP contribution in [0.2, 0.25) is 10.0 Å². The van der Waals surface area contributed by atoms with Crippen molar-refractivity contribution >= 4 is 23.2 Å². The van der Waals surface area contributed by atoms with Crippen molar-refractivity contribution in [2.75, 3.05) is 6.54 Å². The zero-order chi connectivity index (χ0) is 15.4. The average molecular weight is 328 g/mol. The van der Waals surface area contributed by atoms with Crippen molar-refractivity contribution in [3.05, 3.63) is 51.3 Å². The zero-order valence-electron chi connectivity index (χ0n) is 12.1. The lowest BCUT2D eigenvalue weighted by atomic mass is 10.1. The van der Waals surface area contributed by atoms with Crippen molar-refractivity contribution in [1.29, 1.82) is 0 Å². The molecule has 0 spiro atoms. The van der Waals surface area contributed by atoms with E-state index in [1.807, 2.05) is 17.9 Å². The first-order valence-corrected chi connectivity index (χ1v) is 7.61. The summed E-state index contributed by atoms with van der Waals surface area (Å²) in [5.41, 5.74) is 2.93. The Kier molecular flexibility index (Phi) is 5.65. The van der Waals surface area contributed by atoms with Crippen LogP contribution in [0.3, 0.4) is 0 Å².